The Balaban J connectivity index is 1.82. The molecule has 184 valence electrons. The Labute approximate surface area is 217 Å². The Morgan fingerprint density at radius 2 is 1.59 bits per heavy atom. The minimum Gasteiger partial charge on any atom is -0.496 e. The van der Waals surface area contributed by atoms with E-state index in [-0.39, 0.29) is 5.41 Å². The molecule has 3 aromatic heterocycles. The molecule has 0 atom stereocenters. The molecule has 37 heavy (non-hydrogen) atoms. The van der Waals surface area contributed by atoms with Gasteiger partial charge in [-0.2, -0.15) is 0 Å². The Bertz CT molecular complexity index is 2050. The van der Waals surface area contributed by atoms with Crippen LogP contribution in [0.1, 0.15) is 37.5 Å². The molecule has 0 aliphatic heterocycles. The number of para-hydroxylation sites is 1. The summed E-state index contributed by atoms with van der Waals surface area (Å²) < 4.78 is 10.8. The molecule has 0 N–H and O–H groups in total. The van der Waals surface area contributed by atoms with E-state index in [1.165, 1.54) is 76.5 Å². The summed E-state index contributed by atoms with van der Waals surface area (Å²) in [7, 11) is 3.97. The molecule has 3 nitrogen and oxygen atoms in total. The molecule has 0 unspecified atom stereocenters. The second kappa shape index (κ2) is 7.35. The first-order valence-electron chi connectivity index (χ1n) is 13.2. The number of aromatic nitrogens is 2. The van der Waals surface area contributed by atoms with Crippen molar-refractivity contribution in [3.63, 3.8) is 0 Å². The Hall–Kier alpha value is -3.85. The van der Waals surface area contributed by atoms with Crippen LogP contribution in [-0.4, -0.2) is 11.5 Å². The van der Waals surface area contributed by atoms with Crippen molar-refractivity contribution in [3.8, 4) is 5.75 Å². The third kappa shape index (κ3) is 2.91. The monoisotopic (exact) mass is 485 g/mol. The summed E-state index contributed by atoms with van der Waals surface area (Å²) in [6.45, 7) is 11.6. The van der Waals surface area contributed by atoms with E-state index in [2.05, 4.69) is 111 Å². The molecule has 3 heteroatoms. The van der Waals surface area contributed by atoms with Crippen LogP contribution in [0.4, 0.5) is 0 Å². The predicted octanol–water partition coefficient (Wildman–Crippen LogP) is 8.18. The highest BCUT2D eigenvalue weighted by molar-refractivity contribution is 6.30. The molecule has 0 bridgehead atoms. The van der Waals surface area contributed by atoms with E-state index in [4.69, 9.17) is 4.74 Å². The lowest BCUT2D eigenvalue weighted by molar-refractivity contribution is -0.643. The van der Waals surface area contributed by atoms with Gasteiger partial charge in [0.25, 0.3) is 0 Å². The van der Waals surface area contributed by atoms with E-state index < -0.39 is 0 Å². The summed E-state index contributed by atoms with van der Waals surface area (Å²) in [6.07, 6.45) is 3.26. The molecule has 4 aromatic carbocycles. The smallest absolute Gasteiger partial charge is 0.224 e. The Morgan fingerprint density at radius 1 is 0.811 bits per heavy atom. The number of pyridine rings is 2. The van der Waals surface area contributed by atoms with Crippen molar-refractivity contribution in [1.29, 1.82) is 0 Å². The standard InChI is InChI=1S/C34H33N2O/c1-19-25-16-21(18-34(3,4)5)12-13-23(25)20(2)31-28(19)32-29-22(14-15-35(32)6)17-27(37-7)30-24-10-8-9-11-26(24)36(31)33(29)30/h8-17H,18H2,1-7H3/q+1. The number of fused-ring (bicyclic) bond motifs is 7. The van der Waals surface area contributed by atoms with Crippen LogP contribution < -0.4 is 9.30 Å². The zero-order valence-electron chi connectivity index (χ0n) is 22.8. The van der Waals surface area contributed by atoms with Gasteiger partial charge in [0, 0.05) is 16.8 Å². The minimum atomic E-state index is 0.247. The molecule has 0 fully saturated rings. The highest BCUT2D eigenvalue weighted by Crippen LogP contribution is 2.46. The van der Waals surface area contributed by atoms with E-state index in [9.17, 15) is 0 Å². The maximum atomic E-state index is 6.00. The highest BCUT2D eigenvalue weighted by Gasteiger charge is 2.28. The van der Waals surface area contributed by atoms with Gasteiger partial charge >= 0.3 is 0 Å². The van der Waals surface area contributed by atoms with Crippen molar-refractivity contribution in [1.82, 2.24) is 4.40 Å². The zero-order chi connectivity index (χ0) is 25.8. The summed E-state index contributed by atoms with van der Waals surface area (Å²) in [5, 5.41) is 8.98. The normalized spacial score (nSPS) is 12.8. The number of benzene rings is 4. The van der Waals surface area contributed by atoms with Gasteiger partial charge in [0.05, 0.1) is 39.8 Å². The van der Waals surface area contributed by atoms with Crippen molar-refractivity contribution in [2.75, 3.05) is 7.11 Å². The van der Waals surface area contributed by atoms with Crippen LogP contribution >= 0.6 is 0 Å². The Morgan fingerprint density at radius 3 is 2.35 bits per heavy atom. The van der Waals surface area contributed by atoms with Gasteiger partial charge in [-0.05, 0) is 65.3 Å². The molecule has 0 saturated carbocycles. The van der Waals surface area contributed by atoms with E-state index in [1.807, 2.05) is 0 Å². The molecule has 0 radical (unpaired) electrons. The number of hydrogen-bond donors (Lipinski definition) is 0. The van der Waals surface area contributed by atoms with Gasteiger partial charge in [0.15, 0.2) is 6.20 Å². The quantitative estimate of drug-likeness (QED) is 0.137. The summed E-state index contributed by atoms with van der Waals surface area (Å²) >= 11 is 0. The molecule has 0 aliphatic carbocycles. The highest BCUT2D eigenvalue weighted by atomic mass is 16.5. The summed E-state index contributed by atoms with van der Waals surface area (Å²) in [5.74, 6) is 0.933. The van der Waals surface area contributed by atoms with Gasteiger partial charge in [-0.15, -0.1) is 0 Å². The molecule has 0 spiro atoms. The number of aryl methyl sites for hydroxylation is 3. The number of hydrogen-bond acceptors (Lipinski definition) is 1. The first-order chi connectivity index (χ1) is 17.7. The predicted molar refractivity (Wildman–Crippen MR) is 156 cm³/mol. The van der Waals surface area contributed by atoms with Crippen LogP contribution in [-0.2, 0) is 13.5 Å². The number of rotatable bonds is 2. The molecule has 0 amide bonds. The fourth-order valence-electron chi connectivity index (χ4n) is 6.81. The third-order valence-corrected chi connectivity index (χ3v) is 8.27. The van der Waals surface area contributed by atoms with Gasteiger partial charge in [-0.3, -0.25) is 0 Å². The van der Waals surface area contributed by atoms with Crippen LogP contribution in [0.15, 0.2) is 60.8 Å². The van der Waals surface area contributed by atoms with Crippen LogP contribution in [0.2, 0.25) is 0 Å². The van der Waals surface area contributed by atoms with Gasteiger partial charge < -0.3 is 9.14 Å². The van der Waals surface area contributed by atoms with Crippen molar-refractivity contribution in [2.45, 2.75) is 41.0 Å². The van der Waals surface area contributed by atoms with Crippen LogP contribution in [0.25, 0.3) is 59.8 Å². The van der Waals surface area contributed by atoms with Gasteiger partial charge in [0.1, 0.15) is 12.8 Å². The molecule has 0 aliphatic rings. The van der Waals surface area contributed by atoms with E-state index in [0.717, 1.165) is 12.2 Å². The molecule has 7 aromatic rings. The molecule has 3 heterocycles. The number of methoxy groups -OCH3 is 1. The summed E-state index contributed by atoms with van der Waals surface area (Å²) in [6, 6.07) is 20.3. The summed E-state index contributed by atoms with van der Waals surface area (Å²) in [4.78, 5) is 0. The van der Waals surface area contributed by atoms with Gasteiger partial charge in [-0.1, -0.05) is 57.2 Å². The SMILES string of the molecule is COc1cc2cc[n+](C)c3c4c(C)c5cc(CC(C)(C)C)ccc5c(C)c4n4c5ccccc5c1c4c23. The van der Waals surface area contributed by atoms with Crippen molar-refractivity contribution < 1.29 is 9.30 Å². The fraction of sp³-hybridized carbons (Fsp3) is 0.265. The van der Waals surface area contributed by atoms with Crippen LogP contribution in [0, 0.1) is 19.3 Å². The van der Waals surface area contributed by atoms with E-state index in [0.29, 0.717) is 0 Å². The summed E-state index contributed by atoms with van der Waals surface area (Å²) in [5.41, 5.74) is 9.39. The van der Waals surface area contributed by atoms with Gasteiger partial charge in [-0.25, -0.2) is 4.57 Å². The van der Waals surface area contributed by atoms with Crippen molar-refractivity contribution in [2.24, 2.45) is 12.5 Å². The second-order valence-corrected chi connectivity index (χ2v) is 12.0. The first kappa shape index (κ1) is 22.4. The molecule has 0 saturated heterocycles. The van der Waals surface area contributed by atoms with Crippen molar-refractivity contribution in [3.05, 3.63) is 77.5 Å². The van der Waals surface area contributed by atoms with Gasteiger partial charge in [0.2, 0.25) is 5.52 Å². The lowest BCUT2D eigenvalue weighted by Gasteiger charge is -2.20. The second-order valence-electron chi connectivity index (χ2n) is 12.0. The Kier molecular flexibility index (Phi) is 4.44. The van der Waals surface area contributed by atoms with Crippen molar-refractivity contribution >= 4 is 59.8 Å². The van der Waals surface area contributed by atoms with Crippen LogP contribution in [0.5, 0.6) is 5.75 Å². The molecular weight excluding hydrogens is 452 g/mol. The lowest BCUT2D eigenvalue weighted by atomic mass is 9.86. The number of nitrogens with zero attached hydrogens (tertiary/aromatic N) is 2. The molecular formula is C34H33N2O+. The fourth-order valence-corrected chi connectivity index (χ4v) is 6.81. The average molecular weight is 486 g/mol. The molecule has 7 rings (SSSR count). The van der Waals surface area contributed by atoms with Crippen LogP contribution in [0.3, 0.4) is 0 Å². The number of ether oxygens (including phenoxy) is 1. The maximum absolute atomic E-state index is 6.00. The average Bonchev–Trinajstić information content (AvgIpc) is 3.21. The first-order valence-corrected chi connectivity index (χ1v) is 13.2. The van der Waals surface area contributed by atoms with E-state index >= 15 is 0 Å². The van der Waals surface area contributed by atoms with E-state index in [1.54, 1.807) is 7.11 Å². The topological polar surface area (TPSA) is 17.5 Å². The maximum Gasteiger partial charge on any atom is 0.224 e. The third-order valence-electron chi connectivity index (χ3n) is 8.27. The largest absolute Gasteiger partial charge is 0.496 e. The lowest BCUT2D eigenvalue weighted by Crippen LogP contribution is -2.29. The minimum absolute atomic E-state index is 0.247. The zero-order valence-corrected chi connectivity index (χ0v) is 22.8.